The Morgan fingerprint density at radius 3 is 2.43 bits per heavy atom. The van der Waals surface area contributed by atoms with Gasteiger partial charge in [0.15, 0.2) is 0 Å². The molecule has 2 aromatic carbocycles. The zero-order chi connectivity index (χ0) is 19.3. The van der Waals surface area contributed by atoms with Crippen molar-refractivity contribution < 1.29 is 4.79 Å². The van der Waals surface area contributed by atoms with Crippen LogP contribution in [0.5, 0.6) is 0 Å². The van der Waals surface area contributed by atoms with Gasteiger partial charge in [0.05, 0.1) is 6.54 Å². The van der Waals surface area contributed by atoms with Crippen molar-refractivity contribution in [3.8, 4) is 10.6 Å². The molecular weight excluding hydrogens is 394 g/mol. The van der Waals surface area contributed by atoms with Gasteiger partial charge >= 0.3 is 0 Å². The van der Waals surface area contributed by atoms with Gasteiger partial charge in [0.2, 0.25) is 11.0 Å². The number of nitrogens with zero attached hydrogens (tertiary/aromatic N) is 4. The number of aromatic nitrogens is 2. The largest absolute Gasteiger partial charge is 0.369 e. The summed E-state index contributed by atoms with van der Waals surface area (Å²) in [5.41, 5.74) is 2.16. The molecule has 1 amide bonds. The van der Waals surface area contributed by atoms with E-state index in [0.29, 0.717) is 11.7 Å². The summed E-state index contributed by atoms with van der Waals surface area (Å²) in [4.78, 5) is 16.8. The lowest BCUT2D eigenvalue weighted by atomic mass is 10.2. The van der Waals surface area contributed by atoms with Crippen LogP contribution >= 0.6 is 22.9 Å². The maximum absolute atomic E-state index is 12.4. The molecule has 6 nitrogen and oxygen atoms in total. The average Bonchev–Trinajstić information content (AvgIpc) is 3.18. The van der Waals surface area contributed by atoms with Gasteiger partial charge < -0.3 is 4.90 Å². The second-order valence-corrected chi connectivity index (χ2v) is 7.98. The fourth-order valence-corrected chi connectivity index (χ4v) is 4.04. The highest BCUT2D eigenvalue weighted by atomic mass is 35.5. The van der Waals surface area contributed by atoms with Crippen LogP contribution in [0, 0.1) is 0 Å². The van der Waals surface area contributed by atoms with Gasteiger partial charge in [0, 0.05) is 42.5 Å². The molecule has 3 aromatic rings. The second-order valence-electron chi connectivity index (χ2n) is 6.57. The van der Waals surface area contributed by atoms with Gasteiger partial charge in [-0.3, -0.25) is 15.0 Å². The number of piperazine rings is 1. The SMILES string of the molecule is O=C(CN1CCN(c2ccc(Cl)cc2)CC1)Nc1nnc(-c2ccccc2)s1. The summed E-state index contributed by atoms with van der Waals surface area (Å²) >= 11 is 7.34. The van der Waals surface area contributed by atoms with Gasteiger partial charge in [-0.05, 0) is 24.3 Å². The Kier molecular flexibility index (Phi) is 5.85. The lowest BCUT2D eigenvalue weighted by Crippen LogP contribution is -2.48. The van der Waals surface area contributed by atoms with Gasteiger partial charge in [0.25, 0.3) is 0 Å². The summed E-state index contributed by atoms with van der Waals surface area (Å²) in [5.74, 6) is -0.0595. The predicted octanol–water partition coefficient (Wildman–Crippen LogP) is 3.62. The minimum Gasteiger partial charge on any atom is -0.369 e. The third-order valence-electron chi connectivity index (χ3n) is 4.62. The molecule has 0 spiro atoms. The monoisotopic (exact) mass is 413 g/mol. The molecule has 0 saturated carbocycles. The Morgan fingerprint density at radius 2 is 1.71 bits per heavy atom. The first kappa shape index (κ1) is 18.9. The van der Waals surface area contributed by atoms with Crippen LogP contribution < -0.4 is 10.2 Å². The lowest BCUT2D eigenvalue weighted by Gasteiger charge is -2.35. The second kappa shape index (κ2) is 8.68. The Hall–Kier alpha value is -2.48. The normalized spacial score (nSPS) is 14.8. The molecular formula is C20H20ClN5OS. The fourth-order valence-electron chi connectivity index (χ4n) is 3.15. The predicted molar refractivity (Wildman–Crippen MR) is 114 cm³/mol. The first-order chi connectivity index (χ1) is 13.7. The molecule has 1 aliphatic heterocycles. The average molecular weight is 414 g/mol. The fraction of sp³-hybridized carbons (Fsp3) is 0.250. The van der Waals surface area contributed by atoms with E-state index in [4.69, 9.17) is 11.6 Å². The van der Waals surface area contributed by atoms with Crippen molar-refractivity contribution in [2.45, 2.75) is 0 Å². The van der Waals surface area contributed by atoms with Crippen molar-refractivity contribution in [1.82, 2.24) is 15.1 Å². The van der Waals surface area contributed by atoms with Gasteiger partial charge in [-0.25, -0.2) is 0 Å². The number of anilines is 2. The van der Waals surface area contributed by atoms with Gasteiger partial charge in [-0.2, -0.15) is 0 Å². The van der Waals surface area contributed by atoms with Crippen LogP contribution in [0.1, 0.15) is 0 Å². The minimum atomic E-state index is -0.0595. The van der Waals surface area contributed by atoms with Crippen molar-refractivity contribution in [2.75, 3.05) is 42.9 Å². The number of carbonyl (C=O) groups is 1. The molecule has 8 heteroatoms. The summed E-state index contributed by atoms with van der Waals surface area (Å²) in [6.45, 7) is 3.79. The third-order valence-corrected chi connectivity index (χ3v) is 5.76. The van der Waals surface area contributed by atoms with Crippen molar-refractivity contribution in [1.29, 1.82) is 0 Å². The molecule has 0 radical (unpaired) electrons. The molecule has 144 valence electrons. The molecule has 0 unspecified atom stereocenters. The zero-order valence-corrected chi connectivity index (χ0v) is 16.8. The maximum atomic E-state index is 12.4. The lowest BCUT2D eigenvalue weighted by molar-refractivity contribution is -0.117. The number of rotatable bonds is 5. The molecule has 1 fully saturated rings. The van der Waals surface area contributed by atoms with Crippen LogP contribution in [0.25, 0.3) is 10.6 Å². The molecule has 1 aliphatic rings. The van der Waals surface area contributed by atoms with Crippen LogP contribution in [-0.2, 0) is 4.79 Å². The van der Waals surface area contributed by atoms with Gasteiger partial charge in [-0.1, -0.05) is 53.3 Å². The molecule has 1 aromatic heterocycles. The van der Waals surface area contributed by atoms with Gasteiger partial charge in [0.1, 0.15) is 5.01 Å². The standard InChI is InChI=1S/C20H20ClN5OS/c21-16-6-8-17(9-7-16)26-12-10-25(11-13-26)14-18(27)22-20-24-23-19(28-20)15-4-2-1-3-5-15/h1-9H,10-14H2,(H,22,24,27). The Bertz CT molecular complexity index is 923. The number of halogens is 1. The van der Waals surface area contributed by atoms with Crippen LogP contribution in [0.15, 0.2) is 54.6 Å². The van der Waals surface area contributed by atoms with E-state index in [1.165, 1.54) is 11.3 Å². The molecule has 1 saturated heterocycles. The van der Waals surface area contributed by atoms with E-state index in [1.54, 1.807) is 0 Å². The molecule has 2 heterocycles. The molecule has 4 rings (SSSR count). The first-order valence-electron chi connectivity index (χ1n) is 9.09. The van der Waals surface area contributed by atoms with Crippen LogP contribution in [-0.4, -0.2) is 53.7 Å². The van der Waals surface area contributed by atoms with Crippen molar-refractivity contribution in [2.24, 2.45) is 0 Å². The number of nitrogens with one attached hydrogen (secondary N) is 1. The topological polar surface area (TPSA) is 61.4 Å². The van der Waals surface area contributed by atoms with Crippen molar-refractivity contribution >= 4 is 39.7 Å². The number of hydrogen-bond acceptors (Lipinski definition) is 6. The highest BCUT2D eigenvalue weighted by Crippen LogP contribution is 2.26. The van der Waals surface area contributed by atoms with Gasteiger partial charge in [-0.15, -0.1) is 10.2 Å². The summed E-state index contributed by atoms with van der Waals surface area (Å²) in [5, 5.41) is 13.2. The summed E-state index contributed by atoms with van der Waals surface area (Å²) in [7, 11) is 0. The van der Waals surface area contributed by atoms with E-state index in [-0.39, 0.29) is 5.91 Å². The van der Waals surface area contributed by atoms with E-state index in [2.05, 4.69) is 25.3 Å². The smallest absolute Gasteiger partial charge is 0.240 e. The molecule has 0 bridgehead atoms. The highest BCUT2D eigenvalue weighted by molar-refractivity contribution is 7.18. The summed E-state index contributed by atoms with van der Waals surface area (Å²) < 4.78 is 0. The van der Waals surface area contributed by atoms with Crippen LogP contribution in [0.3, 0.4) is 0 Å². The Balaban J connectivity index is 1.27. The number of hydrogen-bond donors (Lipinski definition) is 1. The summed E-state index contributed by atoms with van der Waals surface area (Å²) in [6.07, 6.45) is 0. The van der Waals surface area contributed by atoms with Crippen LogP contribution in [0.2, 0.25) is 5.02 Å². The molecule has 28 heavy (non-hydrogen) atoms. The zero-order valence-electron chi connectivity index (χ0n) is 15.2. The van der Waals surface area contributed by atoms with Crippen LogP contribution in [0.4, 0.5) is 10.8 Å². The third kappa shape index (κ3) is 4.67. The minimum absolute atomic E-state index is 0.0595. The van der Waals surface area contributed by atoms with E-state index < -0.39 is 0 Å². The molecule has 1 N–H and O–H groups in total. The Morgan fingerprint density at radius 1 is 1.00 bits per heavy atom. The van der Waals surface area contributed by atoms with E-state index in [9.17, 15) is 4.79 Å². The maximum Gasteiger partial charge on any atom is 0.240 e. The number of amides is 1. The first-order valence-corrected chi connectivity index (χ1v) is 10.3. The van der Waals surface area contributed by atoms with E-state index in [0.717, 1.165) is 47.5 Å². The molecule has 0 atom stereocenters. The quantitative estimate of drug-likeness (QED) is 0.692. The Labute approximate surface area is 172 Å². The van der Waals surface area contributed by atoms with E-state index in [1.807, 2.05) is 54.6 Å². The molecule has 0 aliphatic carbocycles. The number of benzene rings is 2. The van der Waals surface area contributed by atoms with E-state index >= 15 is 0 Å². The highest BCUT2D eigenvalue weighted by Gasteiger charge is 2.20. The number of carbonyl (C=O) groups excluding carboxylic acids is 1. The summed E-state index contributed by atoms with van der Waals surface area (Å²) in [6, 6.07) is 17.7. The van der Waals surface area contributed by atoms with Crippen molar-refractivity contribution in [3.63, 3.8) is 0 Å². The van der Waals surface area contributed by atoms with Crippen molar-refractivity contribution in [3.05, 3.63) is 59.6 Å².